The molecular formula is C19H27N3O2. The highest BCUT2D eigenvalue weighted by molar-refractivity contribution is 6.06. The van der Waals surface area contributed by atoms with Crippen LogP contribution in [-0.4, -0.2) is 64.6 Å². The number of nitrogens with one attached hydrogen (secondary N) is 1. The minimum atomic E-state index is 0.0959. The molecule has 2 N–H and O–H groups in total. The Labute approximate surface area is 143 Å². The summed E-state index contributed by atoms with van der Waals surface area (Å²) >= 11 is 0. The molecule has 0 aliphatic carbocycles. The van der Waals surface area contributed by atoms with Crippen LogP contribution in [0.5, 0.6) is 0 Å². The van der Waals surface area contributed by atoms with Gasteiger partial charge in [-0.25, -0.2) is 0 Å². The molecule has 1 amide bonds. The number of aromatic amines is 1. The molecule has 1 aromatic carbocycles. The minimum Gasteiger partial charge on any atom is -0.395 e. The summed E-state index contributed by atoms with van der Waals surface area (Å²) in [5.41, 5.74) is 4.02. The first-order valence-electron chi connectivity index (χ1n) is 8.78. The summed E-state index contributed by atoms with van der Waals surface area (Å²) in [7, 11) is 0. The molecule has 0 spiro atoms. The van der Waals surface area contributed by atoms with Crippen LogP contribution in [0.25, 0.3) is 10.9 Å². The molecule has 0 radical (unpaired) electrons. The second-order valence-electron chi connectivity index (χ2n) is 6.68. The van der Waals surface area contributed by atoms with Crippen molar-refractivity contribution in [3.63, 3.8) is 0 Å². The highest BCUT2D eigenvalue weighted by Crippen LogP contribution is 2.25. The molecule has 0 bridgehead atoms. The molecule has 2 heterocycles. The number of fused-ring (bicyclic) bond motifs is 1. The molecule has 0 saturated carbocycles. The molecule has 3 rings (SSSR count). The van der Waals surface area contributed by atoms with E-state index in [1.165, 1.54) is 5.56 Å². The summed E-state index contributed by atoms with van der Waals surface area (Å²) in [6, 6.07) is 6.15. The van der Waals surface area contributed by atoms with Crippen LogP contribution in [0.4, 0.5) is 0 Å². The Kier molecular flexibility index (Phi) is 4.92. The summed E-state index contributed by atoms with van der Waals surface area (Å²) in [5.74, 6) is 0.0959. The zero-order chi connectivity index (χ0) is 17.3. The second kappa shape index (κ2) is 6.95. The smallest absolute Gasteiger partial charge is 0.256 e. The number of hydrogen-bond donors (Lipinski definition) is 2. The van der Waals surface area contributed by atoms with E-state index in [1.54, 1.807) is 0 Å². The molecule has 5 nitrogen and oxygen atoms in total. The first kappa shape index (κ1) is 17.0. The lowest BCUT2D eigenvalue weighted by atomic mass is 10.1. The summed E-state index contributed by atoms with van der Waals surface area (Å²) in [5, 5.41) is 10.6. The van der Waals surface area contributed by atoms with Gasteiger partial charge in [0.05, 0.1) is 17.7 Å². The average Bonchev–Trinajstić information content (AvgIpc) is 2.91. The monoisotopic (exact) mass is 329 g/mol. The van der Waals surface area contributed by atoms with Gasteiger partial charge in [-0.1, -0.05) is 19.1 Å². The second-order valence-corrected chi connectivity index (χ2v) is 6.68. The van der Waals surface area contributed by atoms with Crippen molar-refractivity contribution in [1.29, 1.82) is 0 Å². The fraction of sp³-hybridized carbons (Fsp3) is 0.526. The summed E-state index contributed by atoms with van der Waals surface area (Å²) in [6.45, 7) is 9.48. The van der Waals surface area contributed by atoms with E-state index < -0.39 is 0 Å². The Bertz CT molecular complexity index is 726. The van der Waals surface area contributed by atoms with Crippen LogP contribution in [0.15, 0.2) is 18.2 Å². The highest BCUT2D eigenvalue weighted by atomic mass is 16.3. The Balaban J connectivity index is 1.78. The summed E-state index contributed by atoms with van der Waals surface area (Å²) in [4.78, 5) is 20.6. The van der Waals surface area contributed by atoms with Crippen LogP contribution >= 0.6 is 0 Å². The van der Waals surface area contributed by atoms with Crippen molar-refractivity contribution in [1.82, 2.24) is 14.8 Å². The summed E-state index contributed by atoms with van der Waals surface area (Å²) in [6.07, 6.45) is 0.935. The molecular weight excluding hydrogens is 302 g/mol. The number of benzene rings is 1. The van der Waals surface area contributed by atoms with Gasteiger partial charge in [-0.15, -0.1) is 0 Å². The van der Waals surface area contributed by atoms with Crippen molar-refractivity contribution in [2.45, 2.75) is 33.2 Å². The number of H-pyrrole nitrogens is 1. The fourth-order valence-corrected chi connectivity index (χ4v) is 3.62. The van der Waals surface area contributed by atoms with Crippen LogP contribution in [0.2, 0.25) is 0 Å². The third-order valence-corrected chi connectivity index (χ3v) is 5.37. The first-order valence-corrected chi connectivity index (χ1v) is 8.78. The third-order valence-electron chi connectivity index (χ3n) is 5.37. The van der Waals surface area contributed by atoms with Crippen molar-refractivity contribution in [3.05, 3.63) is 35.0 Å². The van der Waals surface area contributed by atoms with E-state index >= 15 is 0 Å². The lowest BCUT2D eigenvalue weighted by molar-refractivity contribution is 0.0473. The third kappa shape index (κ3) is 2.94. The predicted molar refractivity (Wildman–Crippen MR) is 96.4 cm³/mol. The van der Waals surface area contributed by atoms with E-state index in [9.17, 15) is 9.90 Å². The number of aryl methyl sites for hydroxylation is 2. The standard InChI is InChI=1S/C19H27N3O2/c1-4-15(12-23)21-8-10-22(11-9-21)19(24)17-7-5-6-16-13(2)14(3)20-18(16)17/h5-7,15,20,23H,4,8-12H2,1-3H3. The molecule has 1 aliphatic heterocycles. The molecule has 5 heteroatoms. The number of aliphatic hydroxyl groups excluding tert-OH is 1. The van der Waals surface area contributed by atoms with Gasteiger partial charge in [0.2, 0.25) is 0 Å². The van der Waals surface area contributed by atoms with Gasteiger partial charge in [-0.3, -0.25) is 9.69 Å². The number of hydrogen-bond acceptors (Lipinski definition) is 3. The fourth-order valence-electron chi connectivity index (χ4n) is 3.62. The summed E-state index contributed by atoms with van der Waals surface area (Å²) < 4.78 is 0. The van der Waals surface area contributed by atoms with E-state index in [0.717, 1.165) is 41.7 Å². The highest BCUT2D eigenvalue weighted by Gasteiger charge is 2.26. The molecule has 1 atom stereocenters. The van der Waals surface area contributed by atoms with Gasteiger partial charge in [-0.2, -0.15) is 0 Å². The van der Waals surface area contributed by atoms with Crippen LogP contribution in [0, 0.1) is 13.8 Å². The molecule has 1 fully saturated rings. The average molecular weight is 329 g/mol. The van der Waals surface area contributed by atoms with Crippen molar-refractivity contribution < 1.29 is 9.90 Å². The van der Waals surface area contributed by atoms with Crippen LogP contribution < -0.4 is 0 Å². The van der Waals surface area contributed by atoms with Gasteiger partial charge in [0.15, 0.2) is 0 Å². The maximum Gasteiger partial charge on any atom is 0.256 e. The number of aliphatic hydroxyl groups is 1. The number of para-hydroxylation sites is 1. The van der Waals surface area contributed by atoms with Gasteiger partial charge in [0, 0.05) is 43.3 Å². The molecule has 1 aromatic heterocycles. The van der Waals surface area contributed by atoms with Crippen molar-refractivity contribution in [2.75, 3.05) is 32.8 Å². The van der Waals surface area contributed by atoms with Crippen molar-refractivity contribution >= 4 is 16.8 Å². The van der Waals surface area contributed by atoms with E-state index in [0.29, 0.717) is 13.1 Å². The topological polar surface area (TPSA) is 59.6 Å². The normalized spacial score (nSPS) is 17.4. The maximum absolute atomic E-state index is 13.0. The number of amides is 1. The van der Waals surface area contributed by atoms with E-state index in [2.05, 4.69) is 29.8 Å². The maximum atomic E-state index is 13.0. The van der Waals surface area contributed by atoms with Gasteiger partial charge < -0.3 is 15.0 Å². The van der Waals surface area contributed by atoms with Crippen molar-refractivity contribution in [2.24, 2.45) is 0 Å². The number of piperazine rings is 1. The van der Waals surface area contributed by atoms with Gasteiger partial charge >= 0.3 is 0 Å². The van der Waals surface area contributed by atoms with Crippen molar-refractivity contribution in [3.8, 4) is 0 Å². The molecule has 2 aromatic rings. The minimum absolute atomic E-state index is 0.0959. The lowest BCUT2D eigenvalue weighted by Crippen LogP contribution is -2.52. The van der Waals surface area contributed by atoms with Crippen LogP contribution in [0.3, 0.4) is 0 Å². The van der Waals surface area contributed by atoms with E-state index in [1.807, 2.05) is 24.0 Å². The zero-order valence-corrected chi connectivity index (χ0v) is 14.8. The Morgan fingerprint density at radius 2 is 1.96 bits per heavy atom. The Morgan fingerprint density at radius 3 is 2.58 bits per heavy atom. The number of rotatable bonds is 4. The zero-order valence-electron chi connectivity index (χ0n) is 14.8. The number of nitrogens with zero attached hydrogens (tertiary/aromatic N) is 2. The van der Waals surface area contributed by atoms with Gasteiger partial charge in [0.1, 0.15) is 0 Å². The largest absolute Gasteiger partial charge is 0.395 e. The SMILES string of the molecule is CCC(CO)N1CCN(C(=O)c2cccc3c(C)c(C)[nH]c23)CC1. The number of aromatic nitrogens is 1. The van der Waals surface area contributed by atoms with Gasteiger partial charge in [0.25, 0.3) is 5.91 Å². The predicted octanol–water partition coefficient (Wildman–Crippen LogP) is 2.31. The molecule has 1 saturated heterocycles. The Hall–Kier alpha value is -1.85. The van der Waals surface area contributed by atoms with Crippen LogP contribution in [-0.2, 0) is 0 Å². The number of carbonyl (C=O) groups is 1. The van der Waals surface area contributed by atoms with Gasteiger partial charge in [-0.05, 0) is 31.9 Å². The first-order chi connectivity index (χ1) is 11.6. The van der Waals surface area contributed by atoms with E-state index in [4.69, 9.17) is 0 Å². The number of carbonyl (C=O) groups excluding carboxylic acids is 1. The van der Waals surface area contributed by atoms with Crippen LogP contribution in [0.1, 0.15) is 35.0 Å². The molecule has 1 unspecified atom stereocenters. The lowest BCUT2D eigenvalue weighted by Gasteiger charge is -2.38. The van der Waals surface area contributed by atoms with E-state index in [-0.39, 0.29) is 18.6 Å². The quantitative estimate of drug-likeness (QED) is 0.905. The molecule has 1 aliphatic rings. The Morgan fingerprint density at radius 1 is 1.25 bits per heavy atom. The molecule has 24 heavy (non-hydrogen) atoms. The molecule has 130 valence electrons.